The van der Waals surface area contributed by atoms with Crippen LogP contribution in [0.4, 0.5) is 17.1 Å². The minimum Gasteiger partial charge on any atom is -0.507 e. The molecule has 222 valence electrons. The van der Waals surface area contributed by atoms with E-state index in [4.69, 9.17) is 4.42 Å². The van der Waals surface area contributed by atoms with Crippen LogP contribution in [0.15, 0.2) is 156 Å². The van der Waals surface area contributed by atoms with Crippen molar-refractivity contribution in [3.63, 3.8) is 0 Å². The summed E-state index contributed by atoms with van der Waals surface area (Å²) in [6.07, 6.45) is 1.74. The third-order valence-electron chi connectivity index (χ3n) is 9.09. The molecule has 0 amide bonds. The van der Waals surface area contributed by atoms with Crippen LogP contribution in [-0.4, -0.2) is 10.1 Å². The van der Waals surface area contributed by atoms with Crippen LogP contribution >= 0.6 is 0 Å². The largest absolute Gasteiger partial charge is 0.507 e. The Kier molecular flexibility index (Phi) is 6.58. The normalized spacial score (nSPS) is 12.8. The Hall–Kier alpha value is -5.87. The summed E-state index contributed by atoms with van der Waals surface area (Å²) in [6, 6.07) is 49.8. The average molecular weight is 597 g/mol. The van der Waals surface area contributed by atoms with Crippen LogP contribution in [-0.2, 0) is 5.41 Å². The number of aromatic nitrogens is 1. The molecule has 6 aromatic carbocycles. The fraction of sp³-hybridized carbons (Fsp3) is 0.0714. The van der Waals surface area contributed by atoms with Crippen molar-refractivity contribution in [2.45, 2.75) is 19.3 Å². The summed E-state index contributed by atoms with van der Waals surface area (Å²) in [4.78, 5) is 6.83. The number of oxazole rings is 1. The number of aromatic hydroxyl groups is 1. The highest BCUT2D eigenvalue weighted by atomic mass is 16.4. The Morgan fingerprint density at radius 1 is 0.543 bits per heavy atom. The zero-order valence-electron chi connectivity index (χ0n) is 25.7. The molecule has 1 aliphatic rings. The Morgan fingerprint density at radius 3 is 1.85 bits per heavy atom. The number of nitrogens with zero attached hydrogens (tertiary/aromatic N) is 2. The Balaban J connectivity index is 1.10. The topological polar surface area (TPSA) is 49.5 Å². The number of para-hydroxylation sites is 2. The molecule has 1 aliphatic carbocycles. The van der Waals surface area contributed by atoms with Gasteiger partial charge in [-0.3, -0.25) is 0 Å². The van der Waals surface area contributed by atoms with Crippen LogP contribution in [0, 0.1) is 0 Å². The molecule has 0 aliphatic heterocycles. The summed E-state index contributed by atoms with van der Waals surface area (Å²) in [5.74, 6) is 1.17. The second-order valence-electron chi connectivity index (χ2n) is 12.2. The SMILES string of the molecule is CC1(C)c2ccccc2-c2ccc(-c3cnc(-c4cc(-c5ccc(N(c6ccccc6)c6ccccc6)cc5)ccc4O)o3)cc21. The van der Waals surface area contributed by atoms with Gasteiger partial charge in [-0.1, -0.05) is 105 Å². The van der Waals surface area contributed by atoms with Gasteiger partial charge in [-0.15, -0.1) is 0 Å². The summed E-state index contributed by atoms with van der Waals surface area (Å²) >= 11 is 0. The van der Waals surface area contributed by atoms with Crippen molar-refractivity contribution in [3.05, 3.63) is 163 Å². The predicted octanol–water partition coefficient (Wildman–Crippen LogP) is 11.2. The first-order chi connectivity index (χ1) is 22.5. The maximum absolute atomic E-state index is 10.9. The minimum atomic E-state index is -0.105. The molecule has 0 fully saturated rings. The van der Waals surface area contributed by atoms with E-state index in [9.17, 15) is 5.11 Å². The van der Waals surface area contributed by atoms with Crippen LogP contribution in [0.5, 0.6) is 5.75 Å². The van der Waals surface area contributed by atoms with Gasteiger partial charge in [0.25, 0.3) is 0 Å². The van der Waals surface area contributed by atoms with Crippen molar-refractivity contribution < 1.29 is 9.52 Å². The van der Waals surface area contributed by atoms with Gasteiger partial charge in [0.2, 0.25) is 5.89 Å². The molecule has 0 saturated heterocycles. The Morgan fingerprint density at radius 2 is 1.13 bits per heavy atom. The van der Waals surface area contributed by atoms with E-state index >= 15 is 0 Å². The van der Waals surface area contributed by atoms with Crippen molar-refractivity contribution in [1.29, 1.82) is 0 Å². The molecule has 46 heavy (non-hydrogen) atoms. The monoisotopic (exact) mass is 596 g/mol. The lowest BCUT2D eigenvalue weighted by atomic mass is 9.82. The first kappa shape index (κ1) is 27.7. The van der Waals surface area contributed by atoms with Gasteiger partial charge in [0.05, 0.1) is 11.8 Å². The molecular weight excluding hydrogens is 564 g/mol. The van der Waals surface area contributed by atoms with E-state index in [0.717, 1.165) is 33.8 Å². The number of fused-ring (bicyclic) bond motifs is 3. The second-order valence-corrected chi connectivity index (χ2v) is 12.2. The molecule has 0 unspecified atom stereocenters. The van der Waals surface area contributed by atoms with Gasteiger partial charge in [-0.2, -0.15) is 0 Å². The fourth-order valence-corrected chi connectivity index (χ4v) is 6.68. The van der Waals surface area contributed by atoms with E-state index in [1.165, 1.54) is 22.3 Å². The van der Waals surface area contributed by atoms with Gasteiger partial charge >= 0.3 is 0 Å². The van der Waals surface area contributed by atoms with E-state index in [1.54, 1.807) is 12.3 Å². The van der Waals surface area contributed by atoms with Crippen molar-refractivity contribution in [1.82, 2.24) is 4.98 Å². The molecule has 0 saturated carbocycles. The van der Waals surface area contributed by atoms with E-state index in [0.29, 0.717) is 17.2 Å². The number of anilines is 3. The molecule has 0 spiro atoms. The van der Waals surface area contributed by atoms with Crippen molar-refractivity contribution in [3.8, 4) is 50.8 Å². The molecule has 7 aromatic rings. The Labute approximate surface area is 268 Å². The molecular formula is C42H32N2O2. The van der Waals surface area contributed by atoms with E-state index in [1.807, 2.05) is 24.3 Å². The van der Waals surface area contributed by atoms with Crippen LogP contribution in [0.1, 0.15) is 25.0 Å². The van der Waals surface area contributed by atoms with Crippen molar-refractivity contribution in [2.24, 2.45) is 0 Å². The lowest BCUT2D eigenvalue weighted by Gasteiger charge is -2.25. The molecule has 4 nitrogen and oxygen atoms in total. The quantitative estimate of drug-likeness (QED) is 0.207. The second kappa shape index (κ2) is 10.9. The molecule has 1 aromatic heterocycles. The van der Waals surface area contributed by atoms with Gasteiger partial charge in [0, 0.05) is 28.0 Å². The molecule has 0 atom stereocenters. The van der Waals surface area contributed by atoms with Gasteiger partial charge < -0.3 is 14.4 Å². The molecule has 4 heteroatoms. The summed E-state index contributed by atoms with van der Waals surface area (Å²) in [5, 5.41) is 10.9. The third kappa shape index (κ3) is 4.67. The molecule has 8 rings (SSSR count). The summed E-state index contributed by atoms with van der Waals surface area (Å²) in [7, 11) is 0. The number of phenolic OH excluding ortho intramolecular Hbond substituents is 1. The third-order valence-corrected chi connectivity index (χ3v) is 9.09. The van der Waals surface area contributed by atoms with Gasteiger partial charge in [0.1, 0.15) is 5.75 Å². The van der Waals surface area contributed by atoms with Crippen molar-refractivity contribution in [2.75, 3.05) is 4.90 Å². The molecule has 0 radical (unpaired) electrons. The highest BCUT2D eigenvalue weighted by Gasteiger charge is 2.35. The average Bonchev–Trinajstić information content (AvgIpc) is 3.68. The predicted molar refractivity (Wildman–Crippen MR) is 187 cm³/mol. The summed E-state index contributed by atoms with van der Waals surface area (Å²) in [6.45, 7) is 4.54. The number of hydrogen-bond acceptors (Lipinski definition) is 4. The Bertz CT molecular complexity index is 2140. The lowest BCUT2D eigenvalue weighted by molar-refractivity contribution is 0.473. The molecule has 1 heterocycles. The first-order valence-corrected chi connectivity index (χ1v) is 15.5. The molecule has 1 N–H and O–H groups in total. The smallest absolute Gasteiger partial charge is 0.230 e. The van der Waals surface area contributed by atoms with E-state index in [-0.39, 0.29) is 11.2 Å². The maximum atomic E-state index is 10.9. The van der Waals surface area contributed by atoms with Crippen LogP contribution in [0.3, 0.4) is 0 Å². The zero-order chi connectivity index (χ0) is 31.3. The van der Waals surface area contributed by atoms with Crippen LogP contribution in [0.25, 0.3) is 45.0 Å². The first-order valence-electron chi connectivity index (χ1n) is 15.5. The van der Waals surface area contributed by atoms with Crippen molar-refractivity contribution >= 4 is 17.1 Å². The fourth-order valence-electron chi connectivity index (χ4n) is 6.68. The van der Waals surface area contributed by atoms with Gasteiger partial charge in [0.15, 0.2) is 5.76 Å². The molecule has 0 bridgehead atoms. The number of hydrogen-bond donors (Lipinski definition) is 1. The number of phenols is 1. The highest BCUT2D eigenvalue weighted by molar-refractivity contribution is 5.83. The van der Waals surface area contributed by atoms with E-state index < -0.39 is 0 Å². The van der Waals surface area contributed by atoms with Gasteiger partial charge in [-0.05, 0) is 88.0 Å². The summed E-state index contributed by atoms with van der Waals surface area (Å²) < 4.78 is 6.30. The zero-order valence-corrected chi connectivity index (χ0v) is 25.7. The summed E-state index contributed by atoms with van der Waals surface area (Å²) in [5.41, 5.74) is 11.8. The standard InChI is InChI=1S/C42H32N2O2/c1-42(2)37-16-10-9-15-34(37)35-23-19-30(26-38(35)42)40-27-43-41(46-40)36-25-29(20-24-39(36)45)28-17-21-33(22-18-28)44(31-11-5-3-6-12-31)32-13-7-4-8-14-32/h3-27,45H,1-2H3. The van der Waals surface area contributed by atoms with Gasteiger partial charge in [-0.25, -0.2) is 4.98 Å². The van der Waals surface area contributed by atoms with Crippen LogP contribution < -0.4 is 4.90 Å². The minimum absolute atomic E-state index is 0.105. The highest BCUT2D eigenvalue weighted by Crippen LogP contribution is 2.49. The maximum Gasteiger partial charge on any atom is 0.230 e. The van der Waals surface area contributed by atoms with Crippen LogP contribution in [0.2, 0.25) is 0 Å². The number of benzene rings is 6. The van der Waals surface area contributed by atoms with E-state index in [2.05, 4.69) is 139 Å². The number of rotatable bonds is 6. The lowest BCUT2D eigenvalue weighted by Crippen LogP contribution is -2.14.